The fraction of sp³-hybridized carbons (Fsp3) is 0.562. The van der Waals surface area contributed by atoms with Gasteiger partial charge in [0.2, 0.25) is 0 Å². The largest absolute Gasteiger partial charge is 0.384 e. The Labute approximate surface area is 115 Å². The summed E-state index contributed by atoms with van der Waals surface area (Å²) in [6.45, 7) is 2.26. The van der Waals surface area contributed by atoms with Crippen LogP contribution in [0.5, 0.6) is 0 Å². The molecule has 3 heteroatoms. The second kappa shape index (κ2) is 5.24. The Morgan fingerprint density at radius 2 is 1.84 bits per heavy atom. The topological polar surface area (TPSA) is 53.1 Å². The first-order chi connectivity index (χ1) is 9.25. The van der Waals surface area contributed by atoms with E-state index in [-0.39, 0.29) is 5.84 Å². The molecular weight excluding hydrogens is 234 g/mol. The van der Waals surface area contributed by atoms with Crippen molar-refractivity contribution in [2.45, 2.75) is 32.1 Å². The number of piperidine rings is 1. The molecule has 0 spiro atoms. The van der Waals surface area contributed by atoms with Gasteiger partial charge in [-0.05, 0) is 36.8 Å². The van der Waals surface area contributed by atoms with Crippen LogP contribution >= 0.6 is 0 Å². The van der Waals surface area contributed by atoms with Crippen molar-refractivity contribution in [1.82, 2.24) is 0 Å². The summed E-state index contributed by atoms with van der Waals surface area (Å²) < 4.78 is 0. The summed E-state index contributed by atoms with van der Waals surface area (Å²) in [7, 11) is 0. The highest BCUT2D eigenvalue weighted by atomic mass is 15.1. The van der Waals surface area contributed by atoms with Gasteiger partial charge in [0.15, 0.2) is 0 Å². The molecular formula is C16H23N3. The Hall–Kier alpha value is -1.51. The van der Waals surface area contributed by atoms with Crippen molar-refractivity contribution in [2.75, 3.05) is 18.0 Å². The van der Waals surface area contributed by atoms with E-state index < -0.39 is 0 Å². The highest BCUT2D eigenvalue weighted by Gasteiger charge is 2.31. The average Bonchev–Trinajstić information content (AvgIpc) is 2.46. The lowest BCUT2D eigenvalue weighted by atomic mass is 9.75. The van der Waals surface area contributed by atoms with Gasteiger partial charge in [-0.1, -0.05) is 31.4 Å². The zero-order valence-electron chi connectivity index (χ0n) is 11.4. The summed E-state index contributed by atoms with van der Waals surface area (Å²) >= 11 is 0. The van der Waals surface area contributed by atoms with Crippen LogP contribution in [0.4, 0.5) is 5.69 Å². The number of benzene rings is 1. The molecule has 1 aliphatic heterocycles. The van der Waals surface area contributed by atoms with Crippen LogP contribution in [0.25, 0.3) is 0 Å². The van der Waals surface area contributed by atoms with Gasteiger partial charge < -0.3 is 10.6 Å². The number of nitrogens with zero attached hydrogens (tertiary/aromatic N) is 1. The molecule has 0 radical (unpaired) electrons. The Morgan fingerprint density at radius 3 is 2.63 bits per heavy atom. The predicted molar refractivity (Wildman–Crippen MR) is 79.7 cm³/mol. The number of hydrogen-bond donors (Lipinski definition) is 2. The number of amidine groups is 1. The Bertz CT molecular complexity index is 469. The van der Waals surface area contributed by atoms with Crippen LogP contribution < -0.4 is 10.6 Å². The summed E-state index contributed by atoms with van der Waals surface area (Å²) in [6.07, 6.45) is 6.92. The zero-order valence-corrected chi connectivity index (χ0v) is 11.4. The van der Waals surface area contributed by atoms with Gasteiger partial charge in [-0.15, -0.1) is 0 Å². The van der Waals surface area contributed by atoms with E-state index in [1.807, 2.05) is 12.1 Å². The lowest BCUT2D eigenvalue weighted by Gasteiger charge is -2.42. The molecule has 1 aromatic carbocycles. The van der Waals surface area contributed by atoms with Crippen molar-refractivity contribution >= 4 is 11.5 Å². The van der Waals surface area contributed by atoms with Crippen LogP contribution in [0.1, 0.15) is 37.7 Å². The minimum atomic E-state index is 0.182. The second-order valence-corrected chi connectivity index (χ2v) is 5.97. The standard InChI is InChI=1S/C16H23N3/c17-16(18)14-7-3-4-8-15(14)19-10-9-12-5-1-2-6-13(12)11-19/h3-4,7-8,12-13H,1-2,5-6,9-11H2,(H3,17,18). The van der Waals surface area contributed by atoms with Crippen LogP contribution in [-0.4, -0.2) is 18.9 Å². The van der Waals surface area contributed by atoms with E-state index in [2.05, 4.69) is 17.0 Å². The molecule has 0 bridgehead atoms. The van der Waals surface area contributed by atoms with Gasteiger partial charge in [0.1, 0.15) is 5.84 Å². The number of anilines is 1. The van der Waals surface area contributed by atoms with E-state index in [4.69, 9.17) is 11.1 Å². The lowest BCUT2D eigenvalue weighted by molar-refractivity contribution is 0.202. The van der Waals surface area contributed by atoms with Gasteiger partial charge in [-0.3, -0.25) is 5.41 Å². The molecule has 1 aromatic rings. The third kappa shape index (κ3) is 2.46. The summed E-state index contributed by atoms with van der Waals surface area (Å²) in [4.78, 5) is 2.45. The van der Waals surface area contributed by atoms with Crippen LogP contribution in [0, 0.1) is 17.2 Å². The van der Waals surface area contributed by atoms with E-state index in [0.717, 1.165) is 36.2 Å². The molecule has 102 valence electrons. The fourth-order valence-electron chi connectivity index (χ4n) is 3.80. The molecule has 3 nitrogen and oxygen atoms in total. The van der Waals surface area contributed by atoms with Crippen molar-refractivity contribution in [2.24, 2.45) is 17.6 Å². The molecule has 0 aromatic heterocycles. The molecule has 1 saturated heterocycles. The monoisotopic (exact) mass is 257 g/mol. The average molecular weight is 257 g/mol. The first kappa shape index (κ1) is 12.5. The SMILES string of the molecule is N=C(N)c1ccccc1N1CCC2CCCCC2C1. The molecule has 19 heavy (non-hydrogen) atoms. The lowest BCUT2D eigenvalue weighted by Crippen LogP contribution is -2.42. The number of nitrogen functional groups attached to an aromatic ring is 1. The third-order valence-corrected chi connectivity index (χ3v) is 4.83. The van der Waals surface area contributed by atoms with E-state index in [9.17, 15) is 0 Å². The van der Waals surface area contributed by atoms with Gasteiger partial charge in [-0.2, -0.15) is 0 Å². The molecule has 2 unspecified atom stereocenters. The number of rotatable bonds is 2. The maximum absolute atomic E-state index is 7.73. The molecule has 3 rings (SSSR count). The van der Waals surface area contributed by atoms with Crippen molar-refractivity contribution in [3.05, 3.63) is 29.8 Å². The maximum atomic E-state index is 7.73. The van der Waals surface area contributed by atoms with Crippen molar-refractivity contribution in [3.63, 3.8) is 0 Å². The molecule has 1 saturated carbocycles. The van der Waals surface area contributed by atoms with Gasteiger partial charge in [0, 0.05) is 24.3 Å². The van der Waals surface area contributed by atoms with E-state index >= 15 is 0 Å². The summed E-state index contributed by atoms with van der Waals surface area (Å²) in [5.41, 5.74) is 7.75. The summed E-state index contributed by atoms with van der Waals surface area (Å²) in [5.74, 6) is 1.97. The van der Waals surface area contributed by atoms with Gasteiger partial charge in [0.25, 0.3) is 0 Å². The van der Waals surface area contributed by atoms with Crippen LogP contribution in [0.15, 0.2) is 24.3 Å². The minimum Gasteiger partial charge on any atom is -0.384 e. The molecule has 2 atom stereocenters. The molecule has 2 aliphatic rings. The number of para-hydroxylation sites is 1. The van der Waals surface area contributed by atoms with E-state index in [1.165, 1.54) is 32.1 Å². The van der Waals surface area contributed by atoms with E-state index in [0.29, 0.717) is 0 Å². The zero-order chi connectivity index (χ0) is 13.2. The van der Waals surface area contributed by atoms with Gasteiger partial charge >= 0.3 is 0 Å². The fourth-order valence-corrected chi connectivity index (χ4v) is 3.80. The maximum Gasteiger partial charge on any atom is 0.124 e. The molecule has 2 fully saturated rings. The minimum absolute atomic E-state index is 0.182. The number of nitrogens with one attached hydrogen (secondary N) is 1. The Balaban J connectivity index is 1.81. The van der Waals surface area contributed by atoms with Crippen LogP contribution in [0.3, 0.4) is 0 Å². The van der Waals surface area contributed by atoms with Crippen LogP contribution in [0.2, 0.25) is 0 Å². The first-order valence-corrected chi connectivity index (χ1v) is 7.44. The highest BCUT2D eigenvalue weighted by molar-refractivity contribution is 6.00. The van der Waals surface area contributed by atoms with Crippen molar-refractivity contribution in [1.29, 1.82) is 5.41 Å². The third-order valence-electron chi connectivity index (χ3n) is 4.83. The quantitative estimate of drug-likeness (QED) is 0.632. The molecule has 1 heterocycles. The normalized spacial score (nSPS) is 26.8. The highest BCUT2D eigenvalue weighted by Crippen LogP contribution is 2.38. The Morgan fingerprint density at radius 1 is 1.11 bits per heavy atom. The van der Waals surface area contributed by atoms with Gasteiger partial charge in [-0.25, -0.2) is 0 Å². The summed E-state index contributed by atoms with van der Waals surface area (Å²) in [6, 6.07) is 8.09. The molecule has 3 N–H and O–H groups in total. The Kier molecular flexibility index (Phi) is 3.45. The van der Waals surface area contributed by atoms with E-state index in [1.54, 1.807) is 0 Å². The molecule has 0 amide bonds. The number of fused-ring (bicyclic) bond motifs is 1. The van der Waals surface area contributed by atoms with Crippen molar-refractivity contribution in [3.8, 4) is 0 Å². The second-order valence-electron chi connectivity index (χ2n) is 5.97. The first-order valence-electron chi connectivity index (χ1n) is 7.44. The smallest absolute Gasteiger partial charge is 0.124 e. The predicted octanol–water partition coefficient (Wildman–Crippen LogP) is 2.99. The van der Waals surface area contributed by atoms with Gasteiger partial charge in [0.05, 0.1) is 0 Å². The molecule has 1 aliphatic carbocycles. The number of nitrogens with two attached hydrogens (primary N) is 1. The van der Waals surface area contributed by atoms with Crippen molar-refractivity contribution < 1.29 is 0 Å². The number of hydrogen-bond acceptors (Lipinski definition) is 2. The summed E-state index contributed by atoms with van der Waals surface area (Å²) in [5, 5.41) is 7.73. The van der Waals surface area contributed by atoms with Crippen LogP contribution in [-0.2, 0) is 0 Å².